The predicted molar refractivity (Wildman–Crippen MR) is 102 cm³/mol. The molecule has 25 heavy (non-hydrogen) atoms. The highest BCUT2D eigenvalue weighted by atomic mass is 16.2. The maximum Gasteiger partial charge on any atom is 0.254 e. The summed E-state index contributed by atoms with van der Waals surface area (Å²) in [5.41, 5.74) is 4.42. The van der Waals surface area contributed by atoms with Crippen molar-refractivity contribution in [3.63, 3.8) is 0 Å². The van der Waals surface area contributed by atoms with Crippen LogP contribution in [0.25, 0.3) is 10.9 Å². The number of carbonyl (C=O) groups excluding carboxylic acids is 1. The van der Waals surface area contributed by atoms with Gasteiger partial charge >= 0.3 is 0 Å². The van der Waals surface area contributed by atoms with Gasteiger partial charge in [0.15, 0.2) is 0 Å². The lowest BCUT2D eigenvalue weighted by molar-refractivity contribution is 0.0690. The minimum atomic E-state index is 0.179. The van der Waals surface area contributed by atoms with Crippen molar-refractivity contribution in [2.24, 2.45) is 5.92 Å². The Morgan fingerprint density at radius 1 is 1.08 bits per heavy atom. The monoisotopic (exact) mass is 332 g/mol. The lowest BCUT2D eigenvalue weighted by Gasteiger charge is -2.32. The number of rotatable bonds is 3. The van der Waals surface area contributed by atoms with E-state index < -0.39 is 0 Å². The first-order valence-corrected chi connectivity index (χ1v) is 9.12. The Morgan fingerprint density at radius 2 is 1.84 bits per heavy atom. The summed E-state index contributed by atoms with van der Waals surface area (Å²) in [4.78, 5) is 18.2. The number of likely N-dealkylation sites (tertiary alicyclic amines) is 1. The van der Waals surface area contributed by atoms with Crippen molar-refractivity contribution in [1.82, 2.24) is 9.88 Å². The lowest BCUT2D eigenvalue weighted by atomic mass is 9.90. The number of carbonyl (C=O) groups is 1. The molecule has 1 N–H and O–H groups in total. The van der Waals surface area contributed by atoms with E-state index in [0.717, 1.165) is 54.4 Å². The highest BCUT2D eigenvalue weighted by Gasteiger charge is 2.25. The number of fused-ring (bicyclic) bond motifs is 1. The molecule has 3 aromatic rings. The van der Waals surface area contributed by atoms with Crippen LogP contribution in [0.3, 0.4) is 0 Å². The maximum atomic E-state index is 13.0. The average molecular weight is 332 g/mol. The average Bonchev–Trinajstić information content (AvgIpc) is 3.13. The fraction of sp³-hybridized carbons (Fsp3) is 0.318. The van der Waals surface area contributed by atoms with Gasteiger partial charge in [0, 0.05) is 35.8 Å². The summed E-state index contributed by atoms with van der Waals surface area (Å²) in [6.07, 6.45) is 5.23. The third kappa shape index (κ3) is 3.19. The van der Waals surface area contributed by atoms with Crippen LogP contribution in [-0.4, -0.2) is 28.9 Å². The Bertz CT molecular complexity index is 873. The number of aryl methyl sites for hydroxylation is 1. The highest BCUT2D eigenvalue weighted by Crippen LogP contribution is 2.26. The minimum absolute atomic E-state index is 0.179. The summed E-state index contributed by atoms with van der Waals surface area (Å²) in [5.74, 6) is 0.860. The zero-order chi connectivity index (χ0) is 17.2. The Balaban J connectivity index is 1.43. The molecule has 1 fully saturated rings. The second kappa shape index (κ2) is 6.75. The Labute approximate surface area is 148 Å². The van der Waals surface area contributed by atoms with Gasteiger partial charge in [0.05, 0.1) is 0 Å². The van der Waals surface area contributed by atoms with Gasteiger partial charge in [-0.2, -0.15) is 0 Å². The topological polar surface area (TPSA) is 36.1 Å². The quantitative estimate of drug-likeness (QED) is 0.749. The summed E-state index contributed by atoms with van der Waals surface area (Å²) in [5, 5.41) is 1.14. The number of benzene rings is 2. The molecule has 0 radical (unpaired) electrons. The van der Waals surface area contributed by atoms with E-state index in [2.05, 4.69) is 35.3 Å². The van der Waals surface area contributed by atoms with E-state index in [1.165, 1.54) is 5.56 Å². The molecule has 2 heterocycles. The number of H-pyrrole nitrogens is 1. The maximum absolute atomic E-state index is 13.0. The van der Waals surface area contributed by atoms with Crippen molar-refractivity contribution in [3.8, 4) is 0 Å². The molecule has 0 saturated carbocycles. The van der Waals surface area contributed by atoms with Crippen LogP contribution in [0, 0.1) is 12.8 Å². The van der Waals surface area contributed by atoms with Crippen LogP contribution in [0.4, 0.5) is 0 Å². The second-order valence-corrected chi connectivity index (χ2v) is 7.10. The standard InChI is InChI=1S/C22H24N2O/c1-16-19-9-12-23-21(19)8-7-20(16)22(25)24-13-10-18(11-14-24)15-17-5-3-2-4-6-17/h2-9,12,18,23H,10-11,13-15H2,1H3. The van der Waals surface area contributed by atoms with Crippen molar-refractivity contribution in [1.29, 1.82) is 0 Å². The highest BCUT2D eigenvalue weighted by molar-refractivity contribution is 6.00. The number of hydrogen-bond acceptors (Lipinski definition) is 1. The molecule has 1 amide bonds. The van der Waals surface area contributed by atoms with Gasteiger partial charge in [-0.25, -0.2) is 0 Å². The number of nitrogens with one attached hydrogen (secondary N) is 1. The number of aromatic amines is 1. The second-order valence-electron chi connectivity index (χ2n) is 7.10. The molecule has 0 bridgehead atoms. The lowest BCUT2D eigenvalue weighted by Crippen LogP contribution is -2.39. The zero-order valence-electron chi connectivity index (χ0n) is 14.7. The number of aromatic nitrogens is 1. The third-order valence-electron chi connectivity index (χ3n) is 5.50. The normalized spacial score (nSPS) is 15.6. The largest absolute Gasteiger partial charge is 0.361 e. The minimum Gasteiger partial charge on any atom is -0.361 e. The van der Waals surface area contributed by atoms with Crippen LogP contribution < -0.4 is 0 Å². The Hall–Kier alpha value is -2.55. The molecular formula is C22H24N2O. The molecule has 128 valence electrons. The van der Waals surface area contributed by atoms with Gasteiger partial charge in [-0.1, -0.05) is 30.3 Å². The molecule has 0 aliphatic carbocycles. The molecule has 1 aliphatic rings. The van der Waals surface area contributed by atoms with Crippen molar-refractivity contribution in [3.05, 3.63) is 71.4 Å². The van der Waals surface area contributed by atoms with Gasteiger partial charge in [-0.3, -0.25) is 4.79 Å². The van der Waals surface area contributed by atoms with E-state index in [9.17, 15) is 4.79 Å². The molecule has 3 nitrogen and oxygen atoms in total. The fourth-order valence-electron chi connectivity index (χ4n) is 3.97. The van der Waals surface area contributed by atoms with Crippen molar-refractivity contribution >= 4 is 16.8 Å². The molecule has 2 aromatic carbocycles. The van der Waals surface area contributed by atoms with Gasteiger partial charge < -0.3 is 9.88 Å². The molecule has 3 heteroatoms. The molecule has 4 rings (SSSR count). The SMILES string of the molecule is Cc1c(C(=O)N2CCC(Cc3ccccc3)CC2)ccc2[nH]ccc12. The summed E-state index contributed by atoms with van der Waals surface area (Å²) in [6, 6.07) is 16.7. The first-order valence-electron chi connectivity index (χ1n) is 9.12. The van der Waals surface area contributed by atoms with Crippen molar-refractivity contribution in [2.45, 2.75) is 26.2 Å². The number of hydrogen-bond donors (Lipinski definition) is 1. The molecular weight excluding hydrogens is 308 g/mol. The summed E-state index contributed by atoms with van der Waals surface area (Å²) < 4.78 is 0. The van der Waals surface area contributed by atoms with E-state index in [1.54, 1.807) is 0 Å². The molecule has 1 saturated heterocycles. The predicted octanol–water partition coefficient (Wildman–Crippen LogP) is 4.57. The number of nitrogens with zero attached hydrogens (tertiary/aromatic N) is 1. The van der Waals surface area contributed by atoms with Gasteiger partial charge in [0.1, 0.15) is 0 Å². The summed E-state index contributed by atoms with van der Waals surface area (Å²) in [6.45, 7) is 3.77. The van der Waals surface area contributed by atoms with E-state index in [4.69, 9.17) is 0 Å². The van der Waals surface area contributed by atoms with Crippen molar-refractivity contribution < 1.29 is 4.79 Å². The zero-order valence-corrected chi connectivity index (χ0v) is 14.7. The molecule has 0 unspecified atom stereocenters. The van der Waals surface area contributed by atoms with Gasteiger partial charge in [0.2, 0.25) is 0 Å². The Morgan fingerprint density at radius 3 is 2.60 bits per heavy atom. The van der Waals surface area contributed by atoms with Crippen LogP contribution in [0.5, 0.6) is 0 Å². The first-order chi connectivity index (χ1) is 12.2. The van der Waals surface area contributed by atoms with Crippen LogP contribution in [0.1, 0.15) is 34.3 Å². The molecule has 0 atom stereocenters. The van der Waals surface area contributed by atoms with Crippen LogP contribution in [0.15, 0.2) is 54.7 Å². The number of piperidine rings is 1. The summed E-state index contributed by atoms with van der Waals surface area (Å²) >= 11 is 0. The van der Waals surface area contributed by atoms with Gasteiger partial charge in [0.25, 0.3) is 5.91 Å². The molecule has 1 aliphatic heterocycles. The van der Waals surface area contributed by atoms with Crippen LogP contribution in [0.2, 0.25) is 0 Å². The smallest absolute Gasteiger partial charge is 0.254 e. The van der Waals surface area contributed by atoms with E-state index in [1.807, 2.05) is 36.2 Å². The van der Waals surface area contributed by atoms with Crippen molar-refractivity contribution in [2.75, 3.05) is 13.1 Å². The van der Waals surface area contributed by atoms with E-state index in [0.29, 0.717) is 5.92 Å². The molecule has 1 aromatic heterocycles. The number of amides is 1. The van der Waals surface area contributed by atoms with Gasteiger partial charge in [-0.15, -0.1) is 0 Å². The van der Waals surface area contributed by atoms with Crippen LogP contribution in [-0.2, 0) is 6.42 Å². The fourth-order valence-corrected chi connectivity index (χ4v) is 3.97. The van der Waals surface area contributed by atoms with Gasteiger partial charge in [-0.05, 0) is 61.4 Å². The Kier molecular flexibility index (Phi) is 4.31. The first kappa shape index (κ1) is 15.9. The van der Waals surface area contributed by atoms with E-state index >= 15 is 0 Å². The third-order valence-corrected chi connectivity index (χ3v) is 5.50. The van der Waals surface area contributed by atoms with E-state index in [-0.39, 0.29) is 5.91 Å². The summed E-state index contributed by atoms with van der Waals surface area (Å²) in [7, 11) is 0. The van der Waals surface area contributed by atoms with Crippen LogP contribution >= 0.6 is 0 Å². The molecule has 0 spiro atoms.